The maximum Gasteiger partial charge on any atom is 0.111 e. The van der Waals surface area contributed by atoms with Gasteiger partial charge in [0.2, 0.25) is 0 Å². The molecule has 1 aliphatic carbocycles. The largest absolute Gasteiger partial charge is 0.472 e. The van der Waals surface area contributed by atoms with Crippen molar-refractivity contribution in [3.05, 3.63) is 24.2 Å². The molecular weight excluding hydrogens is 338 g/mol. The van der Waals surface area contributed by atoms with Gasteiger partial charge in [0, 0.05) is 18.4 Å². The van der Waals surface area contributed by atoms with E-state index in [1.165, 1.54) is 56.9 Å². The Morgan fingerprint density at radius 1 is 0.926 bits per heavy atom. The minimum atomic E-state index is 0.256. The maximum absolute atomic E-state index is 6.64. The Morgan fingerprint density at radius 3 is 2.67 bits per heavy atom. The number of nitrogens with one attached hydrogen (secondary N) is 3. The second kappa shape index (κ2) is 8.24. The summed E-state index contributed by atoms with van der Waals surface area (Å²) in [5.41, 5.74) is 1.36. The highest BCUT2D eigenvalue weighted by molar-refractivity contribution is 5.18. The van der Waals surface area contributed by atoms with Crippen LogP contribution in [0.5, 0.6) is 0 Å². The third kappa shape index (κ3) is 3.84. The highest BCUT2D eigenvalue weighted by atomic mass is 16.5. The molecule has 4 heterocycles. The summed E-state index contributed by atoms with van der Waals surface area (Å²) in [6, 6.07) is 2.15. The van der Waals surface area contributed by atoms with Crippen molar-refractivity contribution in [1.82, 2.24) is 16.0 Å². The van der Waals surface area contributed by atoms with Crippen molar-refractivity contribution in [2.24, 2.45) is 17.8 Å². The van der Waals surface area contributed by atoms with Crippen molar-refractivity contribution >= 4 is 0 Å². The van der Waals surface area contributed by atoms with Gasteiger partial charge in [-0.2, -0.15) is 0 Å². The standard InChI is InChI=1S/C22H35N3O2/c1-2-5-17(6-3-1)27-22-18(7-4-9-23-22)16-11-19-20(15-8-10-26-14-15)13-25-21(19)24-12-16/h8,10,14,16-25H,1-7,9,11-13H2. The van der Waals surface area contributed by atoms with Crippen LogP contribution in [0.3, 0.4) is 0 Å². The monoisotopic (exact) mass is 373 g/mol. The second-order valence-electron chi connectivity index (χ2n) is 9.19. The fourth-order valence-electron chi connectivity index (χ4n) is 6.13. The number of rotatable bonds is 4. The van der Waals surface area contributed by atoms with Crippen molar-refractivity contribution < 1.29 is 9.15 Å². The molecule has 1 aromatic heterocycles. The zero-order valence-electron chi connectivity index (χ0n) is 16.4. The number of ether oxygens (including phenoxy) is 1. The number of fused-ring (bicyclic) bond motifs is 1. The third-order valence-electron chi connectivity index (χ3n) is 7.59. The van der Waals surface area contributed by atoms with Gasteiger partial charge in [-0.3, -0.25) is 5.32 Å². The average molecular weight is 374 g/mol. The first-order valence-corrected chi connectivity index (χ1v) is 11.3. The molecule has 4 fully saturated rings. The first-order chi connectivity index (χ1) is 13.4. The van der Waals surface area contributed by atoms with E-state index in [4.69, 9.17) is 9.15 Å². The van der Waals surface area contributed by atoms with Gasteiger partial charge in [0.25, 0.3) is 0 Å². The third-order valence-corrected chi connectivity index (χ3v) is 7.59. The molecular formula is C22H35N3O2. The van der Waals surface area contributed by atoms with Gasteiger partial charge in [-0.25, -0.2) is 0 Å². The molecule has 0 radical (unpaired) electrons. The minimum absolute atomic E-state index is 0.256. The van der Waals surface area contributed by atoms with Crippen LogP contribution < -0.4 is 16.0 Å². The van der Waals surface area contributed by atoms with Crippen molar-refractivity contribution in [2.45, 2.75) is 75.8 Å². The predicted molar refractivity (Wildman–Crippen MR) is 105 cm³/mol. The van der Waals surface area contributed by atoms with Gasteiger partial charge in [-0.1, -0.05) is 19.3 Å². The van der Waals surface area contributed by atoms with E-state index >= 15 is 0 Å². The minimum Gasteiger partial charge on any atom is -0.472 e. The van der Waals surface area contributed by atoms with Crippen LogP contribution in [0.4, 0.5) is 0 Å². The molecule has 6 atom stereocenters. The lowest BCUT2D eigenvalue weighted by molar-refractivity contribution is -0.102. The predicted octanol–water partition coefficient (Wildman–Crippen LogP) is 3.19. The molecule has 0 spiro atoms. The Kier molecular flexibility index (Phi) is 5.54. The van der Waals surface area contributed by atoms with Crippen molar-refractivity contribution in [3.63, 3.8) is 0 Å². The lowest BCUT2D eigenvalue weighted by Crippen LogP contribution is -2.55. The van der Waals surface area contributed by atoms with Gasteiger partial charge in [0.1, 0.15) is 6.23 Å². The zero-order valence-corrected chi connectivity index (χ0v) is 16.4. The van der Waals surface area contributed by atoms with Crippen LogP contribution in [0, 0.1) is 17.8 Å². The summed E-state index contributed by atoms with van der Waals surface area (Å²) in [6.45, 7) is 3.28. The molecule has 5 nitrogen and oxygen atoms in total. The SMILES string of the molecule is c1cc(C2CNC3NCC(C4CCCNC4OC4CCCCC4)CC32)co1. The number of furan rings is 1. The van der Waals surface area contributed by atoms with Gasteiger partial charge in [0.05, 0.1) is 24.8 Å². The summed E-state index contributed by atoms with van der Waals surface area (Å²) in [6.07, 6.45) is 15.4. The maximum atomic E-state index is 6.64. The van der Waals surface area contributed by atoms with E-state index in [1.807, 2.05) is 12.5 Å². The quantitative estimate of drug-likeness (QED) is 0.757. The van der Waals surface area contributed by atoms with E-state index < -0.39 is 0 Å². The van der Waals surface area contributed by atoms with Gasteiger partial charge in [0.15, 0.2) is 0 Å². The molecule has 27 heavy (non-hydrogen) atoms. The lowest BCUT2D eigenvalue weighted by atomic mass is 9.73. The normalized spacial score (nSPS) is 40.7. The first kappa shape index (κ1) is 18.2. The fraction of sp³-hybridized carbons (Fsp3) is 0.818. The van der Waals surface area contributed by atoms with Crippen LogP contribution in [0.25, 0.3) is 0 Å². The number of piperidine rings is 2. The molecule has 3 aliphatic heterocycles. The summed E-state index contributed by atoms with van der Waals surface area (Å²) in [5, 5.41) is 11.2. The van der Waals surface area contributed by atoms with E-state index in [9.17, 15) is 0 Å². The molecule has 150 valence electrons. The van der Waals surface area contributed by atoms with E-state index in [0.29, 0.717) is 35.9 Å². The molecule has 3 saturated heterocycles. The molecule has 1 saturated carbocycles. The van der Waals surface area contributed by atoms with Crippen LogP contribution >= 0.6 is 0 Å². The summed E-state index contributed by atoms with van der Waals surface area (Å²) < 4.78 is 12.0. The molecule has 6 unspecified atom stereocenters. The molecule has 5 rings (SSSR count). The smallest absolute Gasteiger partial charge is 0.111 e. The Hall–Kier alpha value is -0.880. The van der Waals surface area contributed by atoms with Gasteiger partial charge in [-0.05, 0) is 68.7 Å². The van der Waals surface area contributed by atoms with Crippen LogP contribution in [-0.2, 0) is 4.74 Å². The van der Waals surface area contributed by atoms with E-state index in [1.54, 1.807) is 0 Å². The number of hydrogen-bond acceptors (Lipinski definition) is 5. The lowest BCUT2D eigenvalue weighted by Gasteiger charge is -2.44. The Labute approximate surface area is 163 Å². The molecule has 0 bridgehead atoms. The van der Waals surface area contributed by atoms with Crippen molar-refractivity contribution in [2.75, 3.05) is 19.6 Å². The Balaban J connectivity index is 1.26. The molecule has 0 aromatic carbocycles. The Morgan fingerprint density at radius 2 is 1.81 bits per heavy atom. The second-order valence-corrected chi connectivity index (χ2v) is 9.19. The summed E-state index contributed by atoms with van der Waals surface area (Å²) in [7, 11) is 0. The molecule has 1 aromatic rings. The molecule has 4 aliphatic rings. The van der Waals surface area contributed by atoms with E-state index in [2.05, 4.69) is 22.0 Å². The topological polar surface area (TPSA) is 58.5 Å². The summed E-state index contributed by atoms with van der Waals surface area (Å²) >= 11 is 0. The van der Waals surface area contributed by atoms with E-state index in [0.717, 1.165) is 19.6 Å². The summed E-state index contributed by atoms with van der Waals surface area (Å²) in [5.74, 6) is 2.55. The molecule has 0 amide bonds. The zero-order chi connectivity index (χ0) is 18.1. The first-order valence-electron chi connectivity index (χ1n) is 11.3. The van der Waals surface area contributed by atoms with Gasteiger partial charge >= 0.3 is 0 Å². The average Bonchev–Trinajstić information content (AvgIpc) is 3.38. The van der Waals surface area contributed by atoms with Crippen LogP contribution in [0.15, 0.2) is 23.0 Å². The Bertz CT molecular complexity index is 586. The van der Waals surface area contributed by atoms with Crippen LogP contribution in [-0.4, -0.2) is 38.1 Å². The van der Waals surface area contributed by atoms with E-state index in [-0.39, 0.29) is 6.23 Å². The number of hydrogen-bond donors (Lipinski definition) is 3. The van der Waals surface area contributed by atoms with Crippen molar-refractivity contribution in [1.29, 1.82) is 0 Å². The van der Waals surface area contributed by atoms with Crippen molar-refractivity contribution in [3.8, 4) is 0 Å². The molecule has 5 heteroatoms. The highest BCUT2D eigenvalue weighted by Crippen LogP contribution is 2.42. The molecule has 3 N–H and O–H groups in total. The van der Waals surface area contributed by atoms with Crippen LogP contribution in [0.2, 0.25) is 0 Å². The highest BCUT2D eigenvalue weighted by Gasteiger charge is 2.45. The fourth-order valence-corrected chi connectivity index (χ4v) is 6.13. The van der Waals surface area contributed by atoms with Gasteiger partial charge < -0.3 is 19.8 Å². The van der Waals surface area contributed by atoms with Crippen LogP contribution in [0.1, 0.15) is 62.8 Å². The van der Waals surface area contributed by atoms with Gasteiger partial charge in [-0.15, -0.1) is 0 Å². The summed E-state index contributed by atoms with van der Waals surface area (Å²) in [4.78, 5) is 0.